The van der Waals surface area contributed by atoms with E-state index in [2.05, 4.69) is 20.8 Å². The zero-order valence-electron chi connectivity index (χ0n) is 16.8. The van der Waals surface area contributed by atoms with Gasteiger partial charge in [0.05, 0.1) is 17.4 Å². The number of rotatable bonds is 7. The minimum atomic E-state index is -0.587. The molecule has 2 amide bonds. The van der Waals surface area contributed by atoms with E-state index in [4.69, 9.17) is 0 Å². The molecule has 3 aromatic rings. The van der Waals surface area contributed by atoms with Crippen LogP contribution in [0.5, 0.6) is 0 Å². The molecule has 0 unspecified atom stereocenters. The molecule has 2 N–H and O–H groups in total. The van der Waals surface area contributed by atoms with Gasteiger partial charge in [-0.25, -0.2) is 4.39 Å². The van der Waals surface area contributed by atoms with Crippen molar-refractivity contribution in [2.45, 2.75) is 25.0 Å². The standard InChI is InChI=1S/C21H22FN5O2S/c1-13-8-4-7-11-17(13)24-18(28)12-30-21-26-25-19(27(21)3)14(2)23-20(29)15-9-5-6-10-16(15)22/h4-11,14H,12H2,1-3H3,(H,23,29)(H,24,28)/t14-/m0/s1. The predicted octanol–water partition coefficient (Wildman–Crippen LogP) is 3.48. The average Bonchev–Trinajstić information content (AvgIpc) is 3.09. The number of halogens is 1. The summed E-state index contributed by atoms with van der Waals surface area (Å²) in [5.41, 5.74) is 1.72. The van der Waals surface area contributed by atoms with Crippen molar-refractivity contribution in [3.63, 3.8) is 0 Å². The second-order valence-corrected chi connectivity index (χ2v) is 7.67. The normalized spacial score (nSPS) is 11.7. The van der Waals surface area contributed by atoms with E-state index in [9.17, 15) is 14.0 Å². The van der Waals surface area contributed by atoms with Crippen LogP contribution in [0.4, 0.5) is 10.1 Å². The first kappa shape index (κ1) is 21.5. The van der Waals surface area contributed by atoms with Crippen molar-refractivity contribution >= 4 is 29.3 Å². The number of nitrogens with zero attached hydrogens (tertiary/aromatic N) is 3. The molecule has 0 radical (unpaired) electrons. The maximum atomic E-state index is 13.8. The molecule has 0 saturated heterocycles. The Morgan fingerprint density at radius 3 is 2.57 bits per heavy atom. The molecule has 0 saturated carbocycles. The van der Waals surface area contributed by atoms with E-state index in [1.165, 1.54) is 30.0 Å². The van der Waals surface area contributed by atoms with E-state index >= 15 is 0 Å². The summed E-state index contributed by atoms with van der Waals surface area (Å²) in [5.74, 6) is -0.608. The summed E-state index contributed by atoms with van der Waals surface area (Å²) in [4.78, 5) is 24.6. The molecule has 30 heavy (non-hydrogen) atoms. The first-order valence-electron chi connectivity index (χ1n) is 9.29. The zero-order valence-corrected chi connectivity index (χ0v) is 17.7. The molecule has 156 valence electrons. The average molecular weight is 428 g/mol. The number of hydrogen-bond acceptors (Lipinski definition) is 5. The van der Waals surface area contributed by atoms with Crippen molar-refractivity contribution in [2.75, 3.05) is 11.1 Å². The Balaban J connectivity index is 1.60. The summed E-state index contributed by atoms with van der Waals surface area (Å²) >= 11 is 1.24. The lowest BCUT2D eigenvalue weighted by atomic mass is 10.2. The highest BCUT2D eigenvalue weighted by Crippen LogP contribution is 2.20. The molecule has 1 aromatic heterocycles. The molecule has 0 aliphatic heterocycles. The highest BCUT2D eigenvalue weighted by molar-refractivity contribution is 7.99. The predicted molar refractivity (Wildman–Crippen MR) is 114 cm³/mol. The fourth-order valence-electron chi connectivity index (χ4n) is 2.84. The van der Waals surface area contributed by atoms with Crippen molar-refractivity contribution in [3.8, 4) is 0 Å². The Kier molecular flexibility index (Phi) is 6.83. The van der Waals surface area contributed by atoms with Gasteiger partial charge in [-0.15, -0.1) is 10.2 Å². The third-order valence-electron chi connectivity index (χ3n) is 4.47. The zero-order chi connectivity index (χ0) is 21.7. The van der Waals surface area contributed by atoms with Crippen LogP contribution in [0.1, 0.15) is 34.7 Å². The molecular weight excluding hydrogens is 405 g/mol. The van der Waals surface area contributed by atoms with Crippen molar-refractivity contribution in [3.05, 3.63) is 71.3 Å². The van der Waals surface area contributed by atoms with E-state index in [0.717, 1.165) is 11.3 Å². The minimum Gasteiger partial charge on any atom is -0.342 e. The Morgan fingerprint density at radius 1 is 1.13 bits per heavy atom. The van der Waals surface area contributed by atoms with E-state index in [-0.39, 0.29) is 17.2 Å². The lowest BCUT2D eigenvalue weighted by Crippen LogP contribution is -2.29. The topological polar surface area (TPSA) is 88.9 Å². The number of aryl methyl sites for hydroxylation is 1. The Labute approximate surface area is 178 Å². The van der Waals surface area contributed by atoms with Crippen LogP contribution in [0.15, 0.2) is 53.7 Å². The van der Waals surface area contributed by atoms with Crippen LogP contribution in [-0.2, 0) is 11.8 Å². The second-order valence-electron chi connectivity index (χ2n) is 6.73. The van der Waals surface area contributed by atoms with Crippen molar-refractivity contribution < 1.29 is 14.0 Å². The number of thioether (sulfide) groups is 1. The quantitative estimate of drug-likeness (QED) is 0.564. The number of carbonyl (C=O) groups is 2. The smallest absolute Gasteiger partial charge is 0.254 e. The second kappa shape index (κ2) is 9.53. The molecule has 0 aliphatic carbocycles. The number of nitrogens with one attached hydrogen (secondary N) is 2. The fourth-order valence-corrected chi connectivity index (χ4v) is 3.56. The van der Waals surface area contributed by atoms with E-state index in [1.54, 1.807) is 24.6 Å². The number of amides is 2. The number of carbonyl (C=O) groups excluding carboxylic acids is 2. The summed E-state index contributed by atoms with van der Waals surface area (Å²) in [7, 11) is 1.75. The van der Waals surface area contributed by atoms with Gasteiger partial charge in [0, 0.05) is 12.7 Å². The van der Waals surface area contributed by atoms with Crippen LogP contribution < -0.4 is 10.6 Å². The minimum absolute atomic E-state index is 0.0333. The van der Waals surface area contributed by atoms with Crippen LogP contribution in [0.3, 0.4) is 0 Å². The molecule has 0 bridgehead atoms. The van der Waals surface area contributed by atoms with Crippen LogP contribution in [0.25, 0.3) is 0 Å². The van der Waals surface area contributed by atoms with Gasteiger partial charge in [-0.3, -0.25) is 9.59 Å². The van der Waals surface area contributed by atoms with Crippen molar-refractivity contribution in [1.29, 1.82) is 0 Å². The lowest BCUT2D eigenvalue weighted by Gasteiger charge is -2.14. The van der Waals surface area contributed by atoms with Gasteiger partial charge in [0.2, 0.25) is 5.91 Å². The van der Waals surface area contributed by atoms with Gasteiger partial charge in [0.1, 0.15) is 5.82 Å². The Morgan fingerprint density at radius 2 is 1.83 bits per heavy atom. The van der Waals surface area contributed by atoms with E-state index in [0.29, 0.717) is 11.0 Å². The lowest BCUT2D eigenvalue weighted by molar-refractivity contribution is -0.113. The van der Waals surface area contributed by atoms with Gasteiger partial charge >= 0.3 is 0 Å². The summed E-state index contributed by atoms with van der Waals surface area (Å²) in [5, 5.41) is 14.3. The monoisotopic (exact) mass is 427 g/mol. The Bertz CT molecular complexity index is 1070. The molecule has 1 atom stereocenters. The van der Waals surface area contributed by atoms with Gasteiger partial charge in [0.15, 0.2) is 11.0 Å². The summed E-state index contributed by atoms with van der Waals surface area (Å²) in [6.45, 7) is 3.66. The maximum Gasteiger partial charge on any atom is 0.254 e. The number of hydrogen-bond donors (Lipinski definition) is 2. The van der Waals surface area contributed by atoms with Crippen molar-refractivity contribution in [1.82, 2.24) is 20.1 Å². The third-order valence-corrected chi connectivity index (χ3v) is 5.49. The van der Waals surface area contributed by atoms with Crippen LogP contribution in [-0.4, -0.2) is 32.3 Å². The highest BCUT2D eigenvalue weighted by Gasteiger charge is 2.20. The first-order chi connectivity index (χ1) is 14.4. The van der Waals surface area contributed by atoms with Crippen LogP contribution in [0.2, 0.25) is 0 Å². The molecule has 0 fully saturated rings. The molecule has 1 heterocycles. The highest BCUT2D eigenvalue weighted by atomic mass is 32.2. The number of aromatic nitrogens is 3. The number of benzene rings is 2. The molecule has 3 rings (SSSR count). The first-order valence-corrected chi connectivity index (χ1v) is 10.3. The van der Waals surface area contributed by atoms with Gasteiger partial charge in [-0.05, 0) is 37.6 Å². The van der Waals surface area contributed by atoms with Crippen molar-refractivity contribution in [2.24, 2.45) is 7.05 Å². The fraction of sp³-hybridized carbons (Fsp3) is 0.238. The van der Waals surface area contributed by atoms with Crippen LogP contribution in [0, 0.1) is 12.7 Å². The van der Waals surface area contributed by atoms with Gasteiger partial charge in [-0.1, -0.05) is 42.1 Å². The van der Waals surface area contributed by atoms with Gasteiger partial charge < -0.3 is 15.2 Å². The summed E-state index contributed by atoms with van der Waals surface area (Å²) in [6, 6.07) is 12.8. The maximum absolute atomic E-state index is 13.8. The SMILES string of the molecule is Cc1ccccc1NC(=O)CSc1nnc([C@H](C)NC(=O)c2ccccc2F)n1C. The molecule has 2 aromatic carbocycles. The van der Waals surface area contributed by atoms with Gasteiger partial charge in [0.25, 0.3) is 5.91 Å². The van der Waals surface area contributed by atoms with E-state index in [1.807, 2.05) is 31.2 Å². The summed E-state index contributed by atoms with van der Waals surface area (Å²) < 4.78 is 15.5. The van der Waals surface area contributed by atoms with Gasteiger partial charge in [-0.2, -0.15) is 0 Å². The molecule has 9 heteroatoms. The molecular formula is C21H22FN5O2S. The molecule has 7 nitrogen and oxygen atoms in total. The third kappa shape index (κ3) is 5.04. The molecule has 0 spiro atoms. The summed E-state index contributed by atoms with van der Waals surface area (Å²) in [6.07, 6.45) is 0. The van der Waals surface area contributed by atoms with Crippen LogP contribution >= 0.6 is 11.8 Å². The Hall–Kier alpha value is -3.20. The molecule has 0 aliphatic rings. The number of anilines is 1. The van der Waals surface area contributed by atoms with E-state index < -0.39 is 17.8 Å². The largest absolute Gasteiger partial charge is 0.342 e. The number of para-hydroxylation sites is 1.